The van der Waals surface area contributed by atoms with E-state index in [1.165, 1.54) is 4.90 Å². The quantitative estimate of drug-likeness (QED) is 0.817. The summed E-state index contributed by atoms with van der Waals surface area (Å²) in [4.78, 5) is 13.5. The molecule has 0 unspecified atom stereocenters. The SMILES string of the molecule is CN(Cc1cnn(C)c1)C(=O)c1cc(F)c(F)cc1Cl. The molecule has 1 aromatic carbocycles. The first-order valence-corrected chi connectivity index (χ1v) is 6.14. The van der Waals surface area contributed by atoms with Crippen molar-refractivity contribution in [3.05, 3.63) is 52.3 Å². The number of carbonyl (C=O) groups excluding carboxylic acids is 1. The van der Waals surface area contributed by atoms with Gasteiger partial charge in [-0.15, -0.1) is 0 Å². The third kappa shape index (κ3) is 2.96. The fraction of sp³-hybridized carbons (Fsp3) is 0.231. The lowest BCUT2D eigenvalue weighted by Gasteiger charge is -2.17. The van der Waals surface area contributed by atoms with E-state index in [1.54, 1.807) is 31.2 Å². The van der Waals surface area contributed by atoms with Crippen molar-refractivity contribution >= 4 is 17.5 Å². The van der Waals surface area contributed by atoms with E-state index < -0.39 is 17.5 Å². The zero-order chi connectivity index (χ0) is 14.9. The number of amides is 1. The third-order valence-electron chi connectivity index (χ3n) is 2.77. The van der Waals surface area contributed by atoms with Crippen LogP contribution >= 0.6 is 11.6 Å². The van der Waals surface area contributed by atoms with Crippen LogP contribution in [0.4, 0.5) is 8.78 Å². The van der Waals surface area contributed by atoms with E-state index >= 15 is 0 Å². The number of hydrogen-bond donors (Lipinski definition) is 0. The number of hydrogen-bond acceptors (Lipinski definition) is 2. The summed E-state index contributed by atoms with van der Waals surface area (Å²) in [7, 11) is 3.31. The van der Waals surface area contributed by atoms with Crippen molar-refractivity contribution in [2.24, 2.45) is 7.05 Å². The van der Waals surface area contributed by atoms with Gasteiger partial charge >= 0.3 is 0 Å². The van der Waals surface area contributed by atoms with E-state index in [9.17, 15) is 13.6 Å². The van der Waals surface area contributed by atoms with Crippen LogP contribution in [0, 0.1) is 11.6 Å². The highest BCUT2D eigenvalue weighted by atomic mass is 35.5. The molecule has 0 aliphatic carbocycles. The van der Waals surface area contributed by atoms with Crippen molar-refractivity contribution in [3.8, 4) is 0 Å². The monoisotopic (exact) mass is 299 g/mol. The Bertz CT molecular complexity index is 657. The van der Waals surface area contributed by atoms with Gasteiger partial charge in [0, 0.05) is 32.4 Å². The van der Waals surface area contributed by atoms with Gasteiger partial charge in [-0.25, -0.2) is 8.78 Å². The molecule has 1 heterocycles. The first-order chi connectivity index (χ1) is 9.38. The van der Waals surface area contributed by atoms with Crippen LogP contribution in [0.25, 0.3) is 0 Å². The van der Waals surface area contributed by atoms with Gasteiger partial charge in [-0.05, 0) is 12.1 Å². The summed E-state index contributed by atoms with van der Waals surface area (Å²) in [5.41, 5.74) is 0.749. The molecule has 2 aromatic rings. The van der Waals surface area contributed by atoms with Crippen molar-refractivity contribution in [3.63, 3.8) is 0 Å². The summed E-state index contributed by atoms with van der Waals surface area (Å²) in [5.74, 6) is -2.67. The highest BCUT2D eigenvalue weighted by molar-refractivity contribution is 6.33. The van der Waals surface area contributed by atoms with Crippen LogP contribution in [-0.2, 0) is 13.6 Å². The number of halogens is 3. The Balaban J connectivity index is 2.20. The third-order valence-corrected chi connectivity index (χ3v) is 3.08. The highest BCUT2D eigenvalue weighted by Crippen LogP contribution is 2.21. The maximum atomic E-state index is 13.2. The molecule has 7 heteroatoms. The Morgan fingerprint density at radius 3 is 2.65 bits per heavy atom. The van der Waals surface area contributed by atoms with Crippen LogP contribution in [0.15, 0.2) is 24.5 Å². The maximum absolute atomic E-state index is 13.2. The molecule has 0 saturated heterocycles. The van der Waals surface area contributed by atoms with Gasteiger partial charge in [0.2, 0.25) is 0 Å². The molecular weight excluding hydrogens is 288 g/mol. The fourth-order valence-corrected chi connectivity index (χ4v) is 2.02. The molecule has 0 saturated carbocycles. The van der Waals surface area contributed by atoms with Crippen LogP contribution in [-0.4, -0.2) is 27.6 Å². The molecule has 0 aliphatic rings. The number of aromatic nitrogens is 2. The number of nitrogens with zero attached hydrogens (tertiary/aromatic N) is 3. The van der Waals surface area contributed by atoms with E-state index in [0.29, 0.717) is 6.54 Å². The lowest BCUT2D eigenvalue weighted by atomic mass is 10.2. The molecule has 106 valence electrons. The van der Waals surface area contributed by atoms with Gasteiger partial charge in [-0.2, -0.15) is 5.10 Å². The number of aryl methyl sites for hydroxylation is 1. The molecule has 4 nitrogen and oxygen atoms in total. The molecule has 0 radical (unpaired) electrons. The first-order valence-electron chi connectivity index (χ1n) is 5.76. The van der Waals surface area contributed by atoms with E-state index in [1.807, 2.05) is 0 Å². The standard InChI is InChI=1S/C13H12ClF2N3O/c1-18(6-8-5-17-19(2)7-8)13(20)9-3-11(15)12(16)4-10(9)14/h3-5,7H,6H2,1-2H3. The predicted molar refractivity (Wildman–Crippen MR) is 70.4 cm³/mol. The van der Waals surface area contributed by atoms with Gasteiger partial charge < -0.3 is 4.90 Å². The fourth-order valence-electron chi connectivity index (χ4n) is 1.79. The smallest absolute Gasteiger partial charge is 0.255 e. The molecule has 20 heavy (non-hydrogen) atoms. The molecule has 0 N–H and O–H groups in total. The Hall–Kier alpha value is -1.95. The van der Waals surface area contributed by atoms with Crippen molar-refractivity contribution in [1.29, 1.82) is 0 Å². The van der Waals surface area contributed by atoms with Gasteiger partial charge in [-0.1, -0.05) is 11.6 Å². The Morgan fingerprint density at radius 2 is 2.05 bits per heavy atom. The summed E-state index contributed by atoms with van der Waals surface area (Å²) in [6.07, 6.45) is 3.38. The van der Waals surface area contributed by atoms with Gasteiger partial charge in [-0.3, -0.25) is 9.48 Å². The number of rotatable bonds is 3. The van der Waals surface area contributed by atoms with Gasteiger partial charge in [0.25, 0.3) is 5.91 Å². The second-order valence-electron chi connectivity index (χ2n) is 4.43. The van der Waals surface area contributed by atoms with Crippen molar-refractivity contribution in [2.45, 2.75) is 6.54 Å². The normalized spacial score (nSPS) is 10.7. The molecule has 1 aromatic heterocycles. The summed E-state index contributed by atoms with van der Waals surface area (Å²) in [6.45, 7) is 0.294. The largest absolute Gasteiger partial charge is 0.337 e. The average molecular weight is 300 g/mol. The number of carbonyl (C=O) groups is 1. The van der Waals surface area contributed by atoms with Crippen LogP contribution < -0.4 is 0 Å². The van der Waals surface area contributed by atoms with Crippen LogP contribution in [0.2, 0.25) is 5.02 Å². The molecular formula is C13H12ClF2N3O. The Kier molecular flexibility index (Phi) is 4.04. The minimum atomic E-state index is -1.10. The molecule has 0 aliphatic heterocycles. The molecule has 2 rings (SSSR count). The van der Waals surface area contributed by atoms with E-state index in [-0.39, 0.29) is 10.6 Å². The number of benzene rings is 1. The molecule has 0 spiro atoms. The van der Waals surface area contributed by atoms with Gasteiger partial charge in [0.15, 0.2) is 11.6 Å². The lowest BCUT2D eigenvalue weighted by molar-refractivity contribution is 0.0784. The topological polar surface area (TPSA) is 38.1 Å². The zero-order valence-corrected chi connectivity index (χ0v) is 11.7. The van der Waals surface area contributed by atoms with Gasteiger partial charge in [0.05, 0.1) is 16.8 Å². The van der Waals surface area contributed by atoms with Crippen LogP contribution in [0.3, 0.4) is 0 Å². The summed E-state index contributed by atoms with van der Waals surface area (Å²) < 4.78 is 27.8. The van der Waals surface area contributed by atoms with E-state index in [0.717, 1.165) is 17.7 Å². The van der Waals surface area contributed by atoms with E-state index in [2.05, 4.69) is 5.10 Å². The van der Waals surface area contributed by atoms with Crippen molar-refractivity contribution in [2.75, 3.05) is 7.05 Å². The lowest BCUT2D eigenvalue weighted by Crippen LogP contribution is -2.26. The Morgan fingerprint density at radius 1 is 1.40 bits per heavy atom. The van der Waals surface area contributed by atoms with Crippen LogP contribution in [0.5, 0.6) is 0 Å². The minimum Gasteiger partial charge on any atom is -0.337 e. The highest BCUT2D eigenvalue weighted by Gasteiger charge is 2.18. The summed E-state index contributed by atoms with van der Waals surface area (Å²) in [6, 6.07) is 1.60. The summed E-state index contributed by atoms with van der Waals surface area (Å²) >= 11 is 5.78. The molecule has 0 atom stereocenters. The maximum Gasteiger partial charge on any atom is 0.255 e. The minimum absolute atomic E-state index is 0.0723. The molecule has 0 fully saturated rings. The molecule has 0 bridgehead atoms. The zero-order valence-electron chi connectivity index (χ0n) is 10.9. The van der Waals surface area contributed by atoms with Gasteiger partial charge in [0.1, 0.15) is 0 Å². The Labute approximate surface area is 119 Å². The predicted octanol–water partition coefficient (Wildman–Crippen LogP) is 2.62. The summed E-state index contributed by atoms with van der Waals surface area (Å²) in [5, 5.41) is 3.87. The van der Waals surface area contributed by atoms with Crippen LogP contribution in [0.1, 0.15) is 15.9 Å². The van der Waals surface area contributed by atoms with Crippen molar-refractivity contribution in [1.82, 2.24) is 14.7 Å². The second kappa shape index (κ2) is 5.58. The average Bonchev–Trinajstić information content (AvgIpc) is 2.78. The van der Waals surface area contributed by atoms with E-state index in [4.69, 9.17) is 11.6 Å². The molecule has 1 amide bonds. The second-order valence-corrected chi connectivity index (χ2v) is 4.84. The first kappa shape index (κ1) is 14.5. The van der Waals surface area contributed by atoms with Crippen molar-refractivity contribution < 1.29 is 13.6 Å².